The summed E-state index contributed by atoms with van der Waals surface area (Å²) in [6, 6.07) is 5.75. The SMILES string of the molecule is CCCCNC(=O)C(C#N)=Cc1cc2cc3c4c(c2oc1=O)CCCN4CCC3. The monoisotopic (exact) mass is 391 g/mol. The highest BCUT2D eigenvalue weighted by molar-refractivity contribution is 6.02. The Morgan fingerprint density at radius 1 is 1.31 bits per heavy atom. The second kappa shape index (κ2) is 8.12. The number of nitrogens with zero attached hydrogens (tertiary/aromatic N) is 2. The number of anilines is 1. The maximum absolute atomic E-state index is 12.6. The minimum atomic E-state index is -0.518. The molecule has 0 aliphatic carbocycles. The summed E-state index contributed by atoms with van der Waals surface area (Å²) in [5.41, 5.74) is 3.93. The van der Waals surface area contributed by atoms with Gasteiger partial charge in [0.2, 0.25) is 0 Å². The van der Waals surface area contributed by atoms with Crippen LogP contribution >= 0.6 is 0 Å². The van der Waals surface area contributed by atoms with Crippen LogP contribution < -0.4 is 15.8 Å². The van der Waals surface area contributed by atoms with Crippen LogP contribution in [-0.2, 0) is 17.6 Å². The van der Waals surface area contributed by atoms with Crippen molar-refractivity contribution in [2.75, 3.05) is 24.5 Å². The Morgan fingerprint density at radius 2 is 2.10 bits per heavy atom. The van der Waals surface area contributed by atoms with Crippen LogP contribution in [0.25, 0.3) is 17.0 Å². The predicted octanol–water partition coefficient (Wildman–Crippen LogP) is 3.32. The number of nitriles is 1. The predicted molar refractivity (Wildman–Crippen MR) is 113 cm³/mol. The topological polar surface area (TPSA) is 86.3 Å². The molecule has 1 aromatic heterocycles. The zero-order chi connectivity index (χ0) is 20.4. The maximum Gasteiger partial charge on any atom is 0.343 e. The van der Waals surface area contributed by atoms with E-state index in [2.05, 4.69) is 16.3 Å². The first-order valence-corrected chi connectivity index (χ1v) is 10.4. The standard InChI is InChI=1S/C23H25N3O3/c1-2-3-8-25-22(27)18(14-24)13-17-12-16-11-15-6-4-9-26-10-5-7-19(20(15)26)21(16)29-23(17)28/h11-13H,2-10H2,1H3,(H,25,27). The van der Waals surface area contributed by atoms with Crippen molar-refractivity contribution in [3.05, 3.63) is 44.8 Å². The lowest BCUT2D eigenvalue weighted by Gasteiger charge is -2.37. The van der Waals surface area contributed by atoms with E-state index >= 15 is 0 Å². The number of carbonyl (C=O) groups excluding carboxylic acids is 1. The lowest BCUT2D eigenvalue weighted by molar-refractivity contribution is -0.117. The Hall–Kier alpha value is -3.07. The number of fused-ring (bicyclic) bond motifs is 2. The third kappa shape index (κ3) is 3.65. The van der Waals surface area contributed by atoms with Crippen LogP contribution in [-0.4, -0.2) is 25.5 Å². The van der Waals surface area contributed by atoms with Gasteiger partial charge in [-0.2, -0.15) is 5.26 Å². The zero-order valence-corrected chi connectivity index (χ0v) is 16.7. The first-order chi connectivity index (χ1) is 14.1. The lowest BCUT2D eigenvalue weighted by atomic mass is 9.90. The maximum atomic E-state index is 12.6. The number of carbonyl (C=O) groups is 1. The summed E-state index contributed by atoms with van der Waals surface area (Å²) >= 11 is 0. The molecule has 0 radical (unpaired) electrons. The highest BCUT2D eigenvalue weighted by Crippen LogP contribution is 2.39. The molecule has 0 saturated heterocycles. The molecule has 29 heavy (non-hydrogen) atoms. The molecule has 0 atom stereocenters. The third-order valence-electron chi connectivity index (χ3n) is 5.72. The lowest BCUT2D eigenvalue weighted by Crippen LogP contribution is -2.34. The first-order valence-electron chi connectivity index (χ1n) is 10.4. The molecule has 1 N–H and O–H groups in total. The van der Waals surface area contributed by atoms with E-state index in [-0.39, 0.29) is 11.1 Å². The van der Waals surface area contributed by atoms with Gasteiger partial charge in [0.15, 0.2) is 0 Å². The molecule has 3 heterocycles. The average molecular weight is 391 g/mol. The summed E-state index contributed by atoms with van der Waals surface area (Å²) in [4.78, 5) is 27.3. The van der Waals surface area contributed by atoms with Crippen molar-refractivity contribution in [3.8, 4) is 6.07 Å². The van der Waals surface area contributed by atoms with Crippen LogP contribution in [0.15, 0.2) is 26.9 Å². The molecule has 6 heteroatoms. The fourth-order valence-electron chi connectivity index (χ4n) is 4.34. The molecular weight excluding hydrogens is 366 g/mol. The smallest absolute Gasteiger partial charge is 0.343 e. The molecule has 0 spiro atoms. The van der Waals surface area contributed by atoms with Gasteiger partial charge < -0.3 is 14.6 Å². The summed E-state index contributed by atoms with van der Waals surface area (Å²) in [7, 11) is 0. The average Bonchev–Trinajstić information content (AvgIpc) is 2.73. The summed E-state index contributed by atoms with van der Waals surface area (Å²) in [6.45, 7) is 4.63. The Kier molecular flexibility index (Phi) is 5.39. The van der Waals surface area contributed by atoms with Gasteiger partial charge >= 0.3 is 5.63 Å². The minimum Gasteiger partial charge on any atom is -0.422 e. The van der Waals surface area contributed by atoms with E-state index in [1.54, 1.807) is 6.07 Å². The van der Waals surface area contributed by atoms with Gasteiger partial charge in [0, 0.05) is 36.3 Å². The second-order valence-corrected chi connectivity index (χ2v) is 7.74. The third-order valence-corrected chi connectivity index (χ3v) is 5.72. The van der Waals surface area contributed by atoms with E-state index in [4.69, 9.17) is 4.42 Å². The first kappa shape index (κ1) is 19.3. The Bertz CT molecular complexity index is 1090. The van der Waals surface area contributed by atoms with Gasteiger partial charge in [-0.05, 0) is 55.9 Å². The Labute approximate surface area is 169 Å². The van der Waals surface area contributed by atoms with Crippen molar-refractivity contribution < 1.29 is 9.21 Å². The highest BCUT2D eigenvalue weighted by atomic mass is 16.4. The molecule has 2 aliphatic heterocycles. The van der Waals surface area contributed by atoms with E-state index in [9.17, 15) is 14.9 Å². The highest BCUT2D eigenvalue weighted by Gasteiger charge is 2.27. The molecular formula is C23H25N3O3. The van der Waals surface area contributed by atoms with E-state index < -0.39 is 11.5 Å². The number of rotatable bonds is 5. The van der Waals surface area contributed by atoms with E-state index in [0.717, 1.165) is 62.6 Å². The number of benzene rings is 1. The Morgan fingerprint density at radius 3 is 2.86 bits per heavy atom. The molecule has 0 bridgehead atoms. The number of hydrogen-bond acceptors (Lipinski definition) is 5. The normalized spacial score (nSPS) is 15.7. The molecule has 1 amide bonds. The number of amides is 1. The molecule has 4 rings (SSSR count). The molecule has 2 aliphatic rings. The van der Waals surface area contributed by atoms with Crippen molar-refractivity contribution in [1.82, 2.24) is 5.32 Å². The fraction of sp³-hybridized carbons (Fsp3) is 0.435. The van der Waals surface area contributed by atoms with Gasteiger partial charge in [0.25, 0.3) is 5.91 Å². The van der Waals surface area contributed by atoms with Crippen LogP contribution in [0.2, 0.25) is 0 Å². The van der Waals surface area contributed by atoms with Gasteiger partial charge in [-0.1, -0.05) is 13.3 Å². The van der Waals surface area contributed by atoms with Crippen LogP contribution in [0.4, 0.5) is 5.69 Å². The van der Waals surface area contributed by atoms with Crippen LogP contribution in [0, 0.1) is 11.3 Å². The van der Waals surface area contributed by atoms with E-state index in [0.29, 0.717) is 12.1 Å². The van der Waals surface area contributed by atoms with Crippen LogP contribution in [0.3, 0.4) is 0 Å². The van der Waals surface area contributed by atoms with Gasteiger partial charge in [0.1, 0.15) is 17.2 Å². The Balaban J connectivity index is 1.76. The van der Waals surface area contributed by atoms with Crippen molar-refractivity contribution in [1.29, 1.82) is 5.26 Å². The van der Waals surface area contributed by atoms with Gasteiger partial charge in [-0.15, -0.1) is 0 Å². The molecule has 150 valence electrons. The molecule has 0 saturated carbocycles. The van der Waals surface area contributed by atoms with Crippen LogP contribution in [0.5, 0.6) is 0 Å². The fourth-order valence-corrected chi connectivity index (χ4v) is 4.34. The zero-order valence-electron chi connectivity index (χ0n) is 16.7. The summed E-state index contributed by atoms with van der Waals surface area (Å²) < 4.78 is 5.72. The van der Waals surface area contributed by atoms with Crippen molar-refractivity contribution in [2.24, 2.45) is 0 Å². The molecule has 1 aromatic carbocycles. The molecule has 0 unspecified atom stereocenters. The second-order valence-electron chi connectivity index (χ2n) is 7.74. The molecule has 2 aromatic rings. The van der Waals surface area contributed by atoms with Crippen molar-refractivity contribution >= 4 is 28.6 Å². The minimum absolute atomic E-state index is 0.0850. The largest absolute Gasteiger partial charge is 0.422 e. The van der Waals surface area contributed by atoms with E-state index in [1.807, 2.05) is 13.0 Å². The number of aryl methyl sites for hydroxylation is 2. The summed E-state index contributed by atoms with van der Waals surface area (Å²) in [6.07, 6.45) is 7.22. The number of hydrogen-bond donors (Lipinski definition) is 1. The van der Waals surface area contributed by atoms with E-state index in [1.165, 1.54) is 17.3 Å². The van der Waals surface area contributed by atoms with Crippen molar-refractivity contribution in [2.45, 2.75) is 45.4 Å². The van der Waals surface area contributed by atoms with Gasteiger partial charge in [-0.25, -0.2) is 4.79 Å². The number of unbranched alkanes of at least 4 members (excludes halogenated alkanes) is 1. The summed E-state index contributed by atoms with van der Waals surface area (Å²) in [5, 5.41) is 13.0. The van der Waals surface area contributed by atoms with Crippen LogP contribution in [0.1, 0.15) is 49.3 Å². The quantitative estimate of drug-likeness (QED) is 0.366. The van der Waals surface area contributed by atoms with Crippen molar-refractivity contribution in [3.63, 3.8) is 0 Å². The molecule has 0 fully saturated rings. The number of nitrogens with one attached hydrogen (secondary N) is 1. The summed E-state index contributed by atoms with van der Waals surface area (Å²) in [5.74, 6) is -0.461. The van der Waals surface area contributed by atoms with Gasteiger partial charge in [-0.3, -0.25) is 4.79 Å². The molecule has 6 nitrogen and oxygen atoms in total. The van der Waals surface area contributed by atoms with Gasteiger partial charge in [0.05, 0.1) is 5.56 Å².